The molecule has 3 rings (SSSR count). The second-order valence-corrected chi connectivity index (χ2v) is 5.26. The molecule has 1 N–H and O–H groups in total. The Bertz CT molecular complexity index is 380. The standard InChI is InChI=1S/C12H14BrNO/c13-9-1-2-12-10(5-9)11-7-14-6-8(11)3-4-15-12/h1-2,5,8,11,14H,3-4,6-7H2. The van der Waals surface area contributed by atoms with Crippen molar-refractivity contribution in [3.8, 4) is 5.75 Å². The Labute approximate surface area is 98.1 Å². The maximum atomic E-state index is 5.79. The van der Waals surface area contributed by atoms with Crippen LogP contribution in [0.2, 0.25) is 0 Å². The molecule has 1 fully saturated rings. The first-order valence-electron chi connectivity index (χ1n) is 5.47. The summed E-state index contributed by atoms with van der Waals surface area (Å²) < 4.78 is 6.94. The van der Waals surface area contributed by atoms with Crippen molar-refractivity contribution in [1.82, 2.24) is 5.32 Å². The van der Waals surface area contributed by atoms with Gasteiger partial charge in [-0.3, -0.25) is 0 Å². The van der Waals surface area contributed by atoms with Gasteiger partial charge >= 0.3 is 0 Å². The van der Waals surface area contributed by atoms with Gasteiger partial charge in [0, 0.05) is 16.9 Å². The molecule has 2 unspecified atom stereocenters. The third-order valence-electron chi connectivity index (χ3n) is 3.46. The molecule has 0 saturated carbocycles. The number of ether oxygens (including phenoxy) is 1. The quantitative estimate of drug-likeness (QED) is 0.780. The highest BCUT2D eigenvalue weighted by Crippen LogP contribution is 2.39. The molecular weight excluding hydrogens is 254 g/mol. The van der Waals surface area contributed by atoms with E-state index >= 15 is 0 Å². The molecule has 0 radical (unpaired) electrons. The summed E-state index contributed by atoms with van der Waals surface area (Å²) in [6, 6.07) is 6.35. The minimum Gasteiger partial charge on any atom is -0.493 e. The Kier molecular flexibility index (Phi) is 2.45. The van der Waals surface area contributed by atoms with E-state index in [-0.39, 0.29) is 0 Å². The maximum absolute atomic E-state index is 5.79. The van der Waals surface area contributed by atoms with Crippen molar-refractivity contribution in [2.45, 2.75) is 12.3 Å². The summed E-state index contributed by atoms with van der Waals surface area (Å²) in [6.45, 7) is 3.09. The zero-order valence-corrected chi connectivity index (χ0v) is 10.1. The Hall–Kier alpha value is -0.540. The van der Waals surface area contributed by atoms with Crippen molar-refractivity contribution in [2.24, 2.45) is 5.92 Å². The van der Waals surface area contributed by atoms with Gasteiger partial charge < -0.3 is 10.1 Å². The van der Waals surface area contributed by atoms with E-state index in [2.05, 4.69) is 39.4 Å². The summed E-state index contributed by atoms with van der Waals surface area (Å²) in [7, 11) is 0. The average Bonchev–Trinajstić information content (AvgIpc) is 2.62. The molecule has 0 spiro atoms. The van der Waals surface area contributed by atoms with Gasteiger partial charge in [-0.2, -0.15) is 0 Å². The van der Waals surface area contributed by atoms with Gasteiger partial charge in [0.1, 0.15) is 5.75 Å². The van der Waals surface area contributed by atoms with E-state index in [1.54, 1.807) is 0 Å². The third-order valence-corrected chi connectivity index (χ3v) is 3.95. The summed E-state index contributed by atoms with van der Waals surface area (Å²) in [5.74, 6) is 2.47. The number of hydrogen-bond donors (Lipinski definition) is 1. The molecule has 3 heteroatoms. The molecule has 2 aliphatic rings. The van der Waals surface area contributed by atoms with Gasteiger partial charge in [0.25, 0.3) is 0 Å². The van der Waals surface area contributed by atoms with Crippen LogP contribution in [0.4, 0.5) is 0 Å². The van der Waals surface area contributed by atoms with E-state index < -0.39 is 0 Å². The molecule has 15 heavy (non-hydrogen) atoms. The minimum absolute atomic E-state index is 0.639. The highest BCUT2D eigenvalue weighted by atomic mass is 79.9. The van der Waals surface area contributed by atoms with Crippen molar-refractivity contribution in [1.29, 1.82) is 0 Å². The molecule has 2 nitrogen and oxygen atoms in total. The van der Waals surface area contributed by atoms with Crippen molar-refractivity contribution in [3.05, 3.63) is 28.2 Å². The molecule has 0 amide bonds. The predicted molar refractivity (Wildman–Crippen MR) is 63.4 cm³/mol. The maximum Gasteiger partial charge on any atom is 0.122 e. The second-order valence-electron chi connectivity index (χ2n) is 4.34. The topological polar surface area (TPSA) is 21.3 Å². The van der Waals surface area contributed by atoms with E-state index in [9.17, 15) is 0 Å². The first-order valence-corrected chi connectivity index (χ1v) is 6.27. The lowest BCUT2D eigenvalue weighted by atomic mass is 9.87. The number of benzene rings is 1. The molecular formula is C12H14BrNO. The van der Waals surface area contributed by atoms with E-state index in [0.717, 1.165) is 35.8 Å². The monoisotopic (exact) mass is 267 g/mol. The highest BCUT2D eigenvalue weighted by molar-refractivity contribution is 9.10. The van der Waals surface area contributed by atoms with Crippen LogP contribution in [0.15, 0.2) is 22.7 Å². The highest BCUT2D eigenvalue weighted by Gasteiger charge is 2.32. The third kappa shape index (κ3) is 1.68. The normalized spacial score (nSPS) is 28.9. The van der Waals surface area contributed by atoms with Crippen LogP contribution in [0, 0.1) is 5.92 Å². The van der Waals surface area contributed by atoms with Crippen LogP contribution in [0.1, 0.15) is 17.9 Å². The van der Waals surface area contributed by atoms with Gasteiger partial charge in [0.2, 0.25) is 0 Å². The zero-order chi connectivity index (χ0) is 10.3. The molecule has 1 saturated heterocycles. The Morgan fingerprint density at radius 2 is 2.27 bits per heavy atom. The second kappa shape index (κ2) is 3.80. The number of halogens is 1. The van der Waals surface area contributed by atoms with Crippen molar-refractivity contribution >= 4 is 15.9 Å². The summed E-state index contributed by atoms with van der Waals surface area (Å²) in [5, 5.41) is 3.48. The van der Waals surface area contributed by atoms with Crippen LogP contribution in [-0.2, 0) is 0 Å². The first-order chi connectivity index (χ1) is 7.34. The molecule has 0 bridgehead atoms. The van der Waals surface area contributed by atoms with Crippen molar-refractivity contribution in [3.63, 3.8) is 0 Å². The van der Waals surface area contributed by atoms with Crippen LogP contribution >= 0.6 is 15.9 Å². The fourth-order valence-electron chi connectivity index (χ4n) is 2.66. The lowest BCUT2D eigenvalue weighted by Crippen LogP contribution is -2.11. The molecule has 2 atom stereocenters. The SMILES string of the molecule is Brc1ccc2c(c1)C1CNCC1CCO2. The van der Waals surface area contributed by atoms with E-state index in [1.165, 1.54) is 12.0 Å². The van der Waals surface area contributed by atoms with Gasteiger partial charge in [-0.25, -0.2) is 0 Å². The first kappa shape index (κ1) is 9.67. The molecule has 0 aromatic heterocycles. The van der Waals surface area contributed by atoms with Crippen LogP contribution < -0.4 is 10.1 Å². The van der Waals surface area contributed by atoms with E-state index in [4.69, 9.17) is 4.74 Å². The molecule has 2 aliphatic heterocycles. The van der Waals surface area contributed by atoms with E-state index in [0.29, 0.717) is 5.92 Å². The smallest absolute Gasteiger partial charge is 0.122 e. The van der Waals surface area contributed by atoms with Crippen molar-refractivity contribution < 1.29 is 4.74 Å². The average molecular weight is 268 g/mol. The molecule has 1 aromatic rings. The predicted octanol–water partition coefficient (Wildman–Crippen LogP) is 2.53. The number of hydrogen-bond acceptors (Lipinski definition) is 2. The van der Waals surface area contributed by atoms with Crippen LogP contribution in [0.3, 0.4) is 0 Å². The zero-order valence-electron chi connectivity index (χ0n) is 8.50. The summed E-state index contributed by atoms with van der Waals surface area (Å²) in [4.78, 5) is 0. The number of rotatable bonds is 0. The largest absolute Gasteiger partial charge is 0.493 e. The van der Waals surface area contributed by atoms with Gasteiger partial charge in [-0.1, -0.05) is 15.9 Å². The lowest BCUT2D eigenvalue weighted by Gasteiger charge is -2.15. The molecule has 0 aliphatic carbocycles. The van der Waals surface area contributed by atoms with Crippen LogP contribution in [-0.4, -0.2) is 19.7 Å². The summed E-state index contributed by atoms with van der Waals surface area (Å²) in [6.07, 6.45) is 1.17. The fourth-order valence-corrected chi connectivity index (χ4v) is 3.04. The van der Waals surface area contributed by atoms with Gasteiger partial charge in [-0.05, 0) is 42.6 Å². The lowest BCUT2D eigenvalue weighted by molar-refractivity contribution is 0.296. The summed E-state index contributed by atoms with van der Waals surface area (Å²) in [5.41, 5.74) is 1.37. The van der Waals surface area contributed by atoms with Gasteiger partial charge in [-0.15, -0.1) is 0 Å². The van der Waals surface area contributed by atoms with Crippen molar-refractivity contribution in [2.75, 3.05) is 19.7 Å². The Balaban J connectivity index is 2.06. The summed E-state index contributed by atoms with van der Waals surface area (Å²) >= 11 is 3.54. The number of nitrogens with one attached hydrogen (secondary N) is 1. The molecule has 2 heterocycles. The Morgan fingerprint density at radius 1 is 1.33 bits per heavy atom. The number of fused-ring (bicyclic) bond motifs is 3. The molecule has 80 valence electrons. The molecule has 1 aromatic carbocycles. The van der Waals surface area contributed by atoms with Gasteiger partial charge in [0.05, 0.1) is 6.61 Å². The fraction of sp³-hybridized carbons (Fsp3) is 0.500. The minimum atomic E-state index is 0.639. The van der Waals surface area contributed by atoms with Gasteiger partial charge in [0.15, 0.2) is 0 Å². The van der Waals surface area contributed by atoms with E-state index in [1.807, 2.05) is 0 Å². The Morgan fingerprint density at radius 3 is 3.20 bits per heavy atom. The van der Waals surface area contributed by atoms with Crippen LogP contribution in [0.5, 0.6) is 5.75 Å². The van der Waals surface area contributed by atoms with Crippen LogP contribution in [0.25, 0.3) is 0 Å².